The standard InChI is InChI=1S/C14H24N2O3/c1-4-5-8-19-14(18)7-6-13(17)12-9-15-10-16(12)11(2)3/h9-11,13,17H,4-8H2,1-3H3. The summed E-state index contributed by atoms with van der Waals surface area (Å²) in [6, 6.07) is 0.239. The van der Waals surface area contributed by atoms with Crippen LogP contribution in [0.15, 0.2) is 12.5 Å². The summed E-state index contributed by atoms with van der Waals surface area (Å²) in [5, 5.41) is 10.1. The highest BCUT2D eigenvalue weighted by Crippen LogP contribution is 2.21. The zero-order chi connectivity index (χ0) is 14.3. The van der Waals surface area contributed by atoms with Crippen LogP contribution in [0.25, 0.3) is 0 Å². The number of ether oxygens (including phenoxy) is 1. The highest BCUT2D eigenvalue weighted by molar-refractivity contribution is 5.69. The third-order valence-electron chi connectivity index (χ3n) is 2.98. The van der Waals surface area contributed by atoms with E-state index < -0.39 is 6.10 Å². The highest BCUT2D eigenvalue weighted by atomic mass is 16.5. The first-order valence-corrected chi connectivity index (χ1v) is 6.91. The lowest BCUT2D eigenvalue weighted by molar-refractivity contribution is -0.144. The molecule has 0 spiro atoms. The van der Waals surface area contributed by atoms with Crippen LogP contribution in [-0.2, 0) is 9.53 Å². The monoisotopic (exact) mass is 268 g/mol. The summed E-state index contributed by atoms with van der Waals surface area (Å²) in [6.45, 7) is 6.56. The van der Waals surface area contributed by atoms with Gasteiger partial charge in [0.25, 0.3) is 0 Å². The van der Waals surface area contributed by atoms with Crippen LogP contribution in [-0.4, -0.2) is 27.2 Å². The van der Waals surface area contributed by atoms with Gasteiger partial charge in [0.1, 0.15) is 0 Å². The first-order valence-electron chi connectivity index (χ1n) is 6.91. The maximum absolute atomic E-state index is 11.5. The molecule has 0 aliphatic heterocycles. The molecule has 0 radical (unpaired) electrons. The van der Waals surface area contributed by atoms with Crippen molar-refractivity contribution in [3.63, 3.8) is 0 Å². The normalized spacial score (nSPS) is 12.7. The van der Waals surface area contributed by atoms with Gasteiger partial charge in [0.05, 0.1) is 30.9 Å². The number of nitrogens with zero attached hydrogens (tertiary/aromatic N) is 2. The number of esters is 1. The SMILES string of the molecule is CCCCOC(=O)CCC(O)c1cncn1C(C)C. The van der Waals surface area contributed by atoms with Gasteiger partial charge in [0.2, 0.25) is 0 Å². The predicted octanol–water partition coefficient (Wildman–Crippen LogP) is 2.62. The molecule has 0 aliphatic carbocycles. The maximum Gasteiger partial charge on any atom is 0.305 e. The molecule has 1 unspecified atom stereocenters. The second-order valence-corrected chi connectivity index (χ2v) is 4.95. The fourth-order valence-electron chi connectivity index (χ4n) is 1.81. The minimum absolute atomic E-state index is 0.230. The predicted molar refractivity (Wildman–Crippen MR) is 72.7 cm³/mol. The topological polar surface area (TPSA) is 64.3 Å². The summed E-state index contributed by atoms with van der Waals surface area (Å²) in [5.41, 5.74) is 0.747. The van der Waals surface area contributed by atoms with E-state index in [0.29, 0.717) is 13.0 Å². The number of rotatable bonds is 8. The van der Waals surface area contributed by atoms with E-state index in [9.17, 15) is 9.90 Å². The largest absolute Gasteiger partial charge is 0.466 e. The van der Waals surface area contributed by atoms with Crippen LogP contribution in [0, 0.1) is 0 Å². The first kappa shape index (κ1) is 15.7. The number of hydrogen-bond acceptors (Lipinski definition) is 4. The number of aromatic nitrogens is 2. The van der Waals surface area contributed by atoms with Crippen molar-refractivity contribution in [1.29, 1.82) is 0 Å². The van der Waals surface area contributed by atoms with Crippen molar-refractivity contribution in [2.45, 2.75) is 58.6 Å². The first-order chi connectivity index (χ1) is 9.06. The maximum atomic E-state index is 11.5. The molecule has 1 heterocycles. The molecule has 108 valence electrons. The van der Waals surface area contributed by atoms with Gasteiger partial charge < -0.3 is 14.4 Å². The Morgan fingerprint density at radius 3 is 2.89 bits per heavy atom. The molecule has 0 bridgehead atoms. The fraction of sp³-hybridized carbons (Fsp3) is 0.714. The number of aliphatic hydroxyl groups excluding tert-OH is 1. The van der Waals surface area contributed by atoms with Gasteiger partial charge in [-0.25, -0.2) is 4.98 Å². The van der Waals surface area contributed by atoms with Gasteiger partial charge in [-0.3, -0.25) is 4.79 Å². The van der Waals surface area contributed by atoms with E-state index in [4.69, 9.17) is 4.74 Å². The molecule has 19 heavy (non-hydrogen) atoms. The molecule has 0 amide bonds. The number of carbonyl (C=O) groups is 1. The summed E-state index contributed by atoms with van der Waals surface area (Å²) in [4.78, 5) is 15.5. The zero-order valence-electron chi connectivity index (χ0n) is 12.0. The van der Waals surface area contributed by atoms with Gasteiger partial charge in [0.15, 0.2) is 0 Å². The summed E-state index contributed by atoms with van der Waals surface area (Å²) in [7, 11) is 0. The van der Waals surface area contributed by atoms with Gasteiger partial charge in [0, 0.05) is 12.5 Å². The van der Waals surface area contributed by atoms with Crippen LogP contribution in [0.1, 0.15) is 64.3 Å². The number of imidazole rings is 1. The lowest BCUT2D eigenvalue weighted by Crippen LogP contribution is -2.12. The molecule has 1 aromatic heterocycles. The molecule has 5 heteroatoms. The van der Waals surface area contributed by atoms with Gasteiger partial charge in [-0.05, 0) is 26.7 Å². The van der Waals surface area contributed by atoms with Crippen molar-refractivity contribution in [1.82, 2.24) is 9.55 Å². The zero-order valence-corrected chi connectivity index (χ0v) is 12.0. The van der Waals surface area contributed by atoms with E-state index in [1.807, 2.05) is 25.3 Å². The average Bonchev–Trinajstić information content (AvgIpc) is 2.85. The molecule has 1 rings (SSSR count). The van der Waals surface area contributed by atoms with Gasteiger partial charge in [-0.15, -0.1) is 0 Å². The minimum Gasteiger partial charge on any atom is -0.466 e. The Bertz CT molecular complexity index is 388. The van der Waals surface area contributed by atoms with Crippen LogP contribution in [0.4, 0.5) is 0 Å². The minimum atomic E-state index is -0.677. The van der Waals surface area contributed by atoms with E-state index in [1.165, 1.54) is 0 Å². The Hall–Kier alpha value is -1.36. The lowest BCUT2D eigenvalue weighted by atomic mass is 10.1. The molecular formula is C14H24N2O3. The molecule has 0 saturated carbocycles. The number of aliphatic hydroxyl groups is 1. The van der Waals surface area contributed by atoms with Crippen LogP contribution >= 0.6 is 0 Å². The Kier molecular flexibility index (Phi) is 6.56. The average molecular weight is 268 g/mol. The second kappa shape index (κ2) is 7.94. The van der Waals surface area contributed by atoms with Gasteiger partial charge in [-0.1, -0.05) is 13.3 Å². The van der Waals surface area contributed by atoms with Crippen LogP contribution in [0.3, 0.4) is 0 Å². The van der Waals surface area contributed by atoms with E-state index >= 15 is 0 Å². The van der Waals surface area contributed by atoms with E-state index in [2.05, 4.69) is 4.98 Å². The highest BCUT2D eigenvalue weighted by Gasteiger charge is 2.16. The van der Waals surface area contributed by atoms with E-state index in [-0.39, 0.29) is 18.4 Å². The quantitative estimate of drug-likeness (QED) is 0.581. The van der Waals surface area contributed by atoms with Gasteiger partial charge >= 0.3 is 5.97 Å². The summed E-state index contributed by atoms with van der Waals surface area (Å²) < 4.78 is 6.97. The Labute approximate surface area is 114 Å². The van der Waals surface area contributed by atoms with Crippen molar-refractivity contribution >= 4 is 5.97 Å². The third kappa shape index (κ3) is 5.03. The molecule has 0 saturated heterocycles. The Morgan fingerprint density at radius 2 is 2.26 bits per heavy atom. The molecule has 5 nitrogen and oxygen atoms in total. The molecule has 1 N–H and O–H groups in total. The van der Waals surface area contributed by atoms with Crippen LogP contribution < -0.4 is 0 Å². The number of hydrogen-bond donors (Lipinski definition) is 1. The van der Waals surface area contributed by atoms with Crippen molar-refractivity contribution in [2.24, 2.45) is 0 Å². The molecular weight excluding hydrogens is 244 g/mol. The van der Waals surface area contributed by atoms with Gasteiger partial charge in [-0.2, -0.15) is 0 Å². The van der Waals surface area contributed by atoms with Crippen molar-refractivity contribution in [3.05, 3.63) is 18.2 Å². The number of unbranched alkanes of at least 4 members (excludes halogenated alkanes) is 1. The van der Waals surface area contributed by atoms with Crippen LogP contribution in [0.5, 0.6) is 0 Å². The van der Waals surface area contributed by atoms with E-state index in [0.717, 1.165) is 18.5 Å². The Balaban J connectivity index is 2.40. The summed E-state index contributed by atoms with van der Waals surface area (Å²) in [6.07, 6.45) is 5.15. The third-order valence-corrected chi connectivity index (χ3v) is 2.98. The summed E-state index contributed by atoms with van der Waals surface area (Å²) in [5.74, 6) is -0.247. The van der Waals surface area contributed by atoms with Crippen LogP contribution in [0.2, 0.25) is 0 Å². The van der Waals surface area contributed by atoms with Crippen molar-refractivity contribution in [3.8, 4) is 0 Å². The molecule has 1 aromatic rings. The van der Waals surface area contributed by atoms with E-state index in [1.54, 1.807) is 12.5 Å². The van der Waals surface area contributed by atoms with Crippen molar-refractivity contribution in [2.75, 3.05) is 6.61 Å². The summed E-state index contributed by atoms with van der Waals surface area (Å²) >= 11 is 0. The number of carbonyl (C=O) groups excluding carboxylic acids is 1. The molecule has 0 aromatic carbocycles. The molecule has 1 atom stereocenters. The fourth-order valence-corrected chi connectivity index (χ4v) is 1.81. The lowest BCUT2D eigenvalue weighted by Gasteiger charge is -2.16. The van der Waals surface area contributed by atoms with Crippen molar-refractivity contribution < 1.29 is 14.6 Å². The smallest absolute Gasteiger partial charge is 0.305 e. The molecule has 0 aliphatic rings. The second-order valence-electron chi connectivity index (χ2n) is 4.95. The molecule has 0 fully saturated rings. The Morgan fingerprint density at radius 1 is 1.53 bits per heavy atom.